The minimum absolute atomic E-state index is 0.0609. The molecule has 0 amide bonds. The lowest BCUT2D eigenvalue weighted by molar-refractivity contribution is 0.0126. The van der Waals surface area contributed by atoms with E-state index in [1.165, 1.54) is 0 Å². The third kappa shape index (κ3) is 4.07. The van der Waals surface area contributed by atoms with Crippen LogP contribution in [0.4, 0.5) is 0 Å². The Bertz CT molecular complexity index is 122. The fraction of sp³-hybridized carbons (Fsp3) is 1.00. The second kappa shape index (κ2) is 6.35. The van der Waals surface area contributed by atoms with Crippen molar-refractivity contribution in [3.05, 3.63) is 0 Å². The molecule has 0 unspecified atom stereocenters. The Morgan fingerprint density at radius 1 is 1.38 bits per heavy atom. The minimum Gasteiger partial charge on any atom is -0.378 e. The zero-order valence-corrected chi connectivity index (χ0v) is 8.50. The summed E-state index contributed by atoms with van der Waals surface area (Å²) in [5.41, 5.74) is 0. The van der Waals surface area contributed by atoms with Crippen LogP contribution in [-0.2, 0) is 9.84 Å². The van der Waals surface area contributed by atoms with E-state index in [2.05, 4.69) is 4.90 Å². The minimum atomic E-state index is 0.0609. The monoisotopic (exact) mass is 186 g/mol. The highest BCUT2D eigenvalue weighted by atomic mass is 16.5. The highest BCUT2D eigenvalue weighted by Gasteiger charge is 2.18. The molecule has 1 fully saturated rings. The van der Waals surface area contributed by atoms with Crippen molar-refractivity contribution >= 4 is 0 Å². The largest absolute Gasteiger partial charge is 0.378 e. The van der Waals surface area contributed by atoms with Crippen molar-refractivity contribution in [2.45, 2.75) is 32.3 Å². The van der Waals surface area contributed by atoms with Crippen LogP contribution in [0.2, 0.25) is 0 Å². The molecule has 0 saturated carbocycles. The highest BCUT2D eigenvalue weighted by molar-refractivity contribution is 4.72. The average Bonchev–Trinajstić information content (AvgIpc) is 2.17. The second-order valence-corrected chi connectivity index (χ2v) is 3.55. The first-order valence-corrected chi connectivity index (χ1v) is 5.29. The third-order valence-electron chi connectivity index (χ3n) is 2.56. The van der Waals surface area contributed by atoms with E-state index in [4.69, 9.17) is 4.74 Å². The summed E-state index contributed by atoms with van der Waals surface area (Å²) in [6, 6.07) is 0. The first-order valence-electron chi connectivity index (χ1n) is 5.29. The molecule has 0 aliphatic carbocycles. The number of nitrogens with zero attached hydrogens (tertiary/aromatic N) is 1. The number of piperidine rings is 1. The first-order chi connectivity index (χ1) is 6.36. The molecule has 0 aromatic rings. The molecule has 0 bridgehead atoms. The van der Waals surface area contributed by atoms with E-state index >= 15 is 0 Å². The smallest absolute Gasteiger partial charge is 0.0834 e. The van der Waals surface area contributed by atoms with Gasteiger partial charge >= 0.3 is 0 Å². The van der Waals surface area contributed by atoms with Crippen molar-refractivity contribution < 1.29 is 9.84 Å². The van der Waals surface area contributed by atoms with Gasteiger partial charge in [0.05, 0.1) is 12.7 Å². The van der Waals surface area contributed by atoms with E-state index in [1.54, 1.807) is 0 Å². The summed E-state index contributed by atoms with van der Waals surface area (Å²) >= 11 is 0. The molecule has 0 spiro atoms. The number of rotatable bonds is 5. The summed E-state index contributed by atoms with van der Waals surface area (Å²) < 4.78 is 5.55. The van der Waals surface area contributed by atoms with Gasteiger partial charge in [0.15, 0.2) is 0 Å². The van der Waals surface area contributed by atoms with Crippen LogP contribution < -0.4 is 0 Å². The lowest BCUT2D eigenvalue weighted by Gasteiger charge is -2.31. The normalized spacial score (nSPS) is 20.8. The molecule has 3 nitrogen and oxygen atoms in total. The van der Waals surface area contributed by atoms with Crippen molar-refractivity contribution in [1.29, 1.82) is 0 Å². The second-order valence-electron chi connectivity index (χ2n) is 3.55. The van der Waals surface area contributed by atoms with E-state index < -0.39 is 0 Å². The summed E-state index contributed by atoms with van der Waals surface area (Å²) in [6.07, 6.45) is 3.52. The molecule has 1 saturated heterocycles. The van der Waals surface area contributed by atoms with Crippen LogP contribution >= 0.6 is 0 Å². The van der Waals surface area contributed by atoms with Gasteiger partial charge in [-0.15, -0.1) is 0 Å². The summed E-state index contributed by atoms with van der Waals surface area (Å²) in [5, 5.41) is 10.3. The van der Waals surface area contributed by atoms with E-state index in [0.717, 1.165) is 45.5 Å². The van der Waals surface area contributed by atoms with Crippen LogP contribution in [-0.4, -0.2) is 43.9 Å². The average molecular weight is 186 g/mol. The van der Waals surface area contributed by atoms with Gasteiger partial charge in [-0.2, -0.15) is 0 Å². The summed E-state index contributed by atoms with van der Waals surface area (Å²) in [6.45, 7) is 6.11. The fourth-order valence-electron chi connectivity index (χ4n) is 1.82. The Labute approximate surface area is 80.7 Å². The van der Waals surface area contributed by atoms with Crippen molar-refractivity contribution in [1.82, 2.24) is 4.90 Å². The first kappa shape index (κ1) is 11.0. The Balaban J connectivity index is 2.08. The van der Waals surface area contributed by atoms with Gasteiger partial charge in [0, 0.05) is 26.2 Å². The standard InChI is InChI=1S/C10H20NO2/c1-2-13-10-4-7-11(8-5-10)6-3-9-12/h10H,2-9H2,1H3. The molecule has 0 aromatic heterocycles. The lowest BCUT2D eigenvalue weighted by atomic mass is 10.1. The van der Waals surface area contributed by atoms with Gasteiger partial charge in [-0.1, -0.05) is 0 Å². The quantitative estimate of drug-likeness (QED) is 0.648. The van der Waals surface area contributed by atoms with Crippen molar-refractivity contribution in [3.8, 4) is 0 Å². The van der Waals surface area contributed by atoms with Gasteiger partial charge in [0.2, 0.25) is 0 Å². The summed E-state index contributed by atoms with van der Waals surface area (Å²) in [5.74, 6) is 0. The third-order valence-corrected chi connectivity index (χ3v) is 2.56. The van der Waals surface area contributed by atoms with Crippen LogP contribution in [0, 0.1) is 0 Å². The van der Waals surface area contributed by atoms with Crippen LogP contribution in [0.3, 0.4) is 0 Å². The van der Waals surface area contributed by atoms with Gasteiger partial charge in [-0.3, -0.25) is 0 Å². The molecule has 77 valence electrons. The Morgan fingerprint density at radius 3 is 2.62 bits per heavy atom. The molecule has 1 aliphatic rings. The molecule has 0 atom stereocenters. The maximum Gasteiger partial charge on any atom is 0.0834 e. The predicted octanol–water partition coefficient (Wildman–Crippen LogP) is 1.31. The summed E-state index contributed by atoms with van der Waals surface area (Å²) in [7, 11) is 0. The van der Waals surface area contributed by atoms with Crippen molar-refractivity contribution in [2.24, 2.45) is 0 Å². The van der Waals surface area contributed by atoms with Gasteiger partial charge in [0.1, 0.15) is 0 Å². The Morgan fingerprint density at radius 2 is 2.08 bits per heavy atom. The molecule has 1 rings (SSSR count). The van der Waals surface area contributed by atoms with E-state index in [0.29, 0.717) is 6.10 Å². The number of likely N-dealkylation sites (tertiary alicyclic amines) is 1. The van der Waals surface area contributed by atoms with Crippen LogP contribution in [0.15, 0.2) is 0 Å². The molecule has 1 radical (unpaired) electrons. The highest BCUT2D eigenvalue weighted by Crippen LogP contribution is 2.13. The maximum atomic E-state index is 10.3. The number of ether oxygens (including phenoxy) is 1. The van der Waals surface area contributed by atoms with Crippen LogP contribution in [0.1, 0.15) is 26.2 Å². The summed E-state index contributed by atoms with van der Waals surface area (Å²) in [4.78, 5) is 2.37. The maximum absolute atomic E-state index is 10.3. The molecular formula is C10H20NO2. The predicted molar refractivity (Wildman–Crippen MR) is 51.3 cm³/mol. The number of hydrogen-bond acceptors (Lipinski definition) is 2. The molecule has 1 heterocycles. The number of hydrogen-bond donors (Lipinski definition) is 0. The molecule has 0 N–H and O–H groups in total. The van der Waals surface area contributed by atoms with Gasteiger partial charge in [-0.25, -0.2) is 5.11 Å². The van der Waals surface area contributed by atoms with Crippen LogP contribution in [0.25, 0.3) is 0 Å². The SMILES string of the molecule is CCOC1CCN(CCC[O])CC1. The Hall–Kier alpha value is -0.120. The fourth-order valence-corrected chi connectivity index (χ4v) is 1.82. The van der Waals surface area contributed by atoms with Crippen LogP contribution in [0.5, 0.6) is 0 Å². The van der Waals surface area contributed by atoms with Gasteiger partial charge in [-0.05, 0) is 26.2 Å². The van der Waals surface area contributed by atoms with Gasteiger partial charge in [0.25, 0.3) is 0 Å². The van der Waals surface area contributed by atoms with E-state index in [9.17, 15) is 5.11 Å². The molecule has 1 aliphatic heterocycles. The van der Waals surface area contributed by atoms with Crippen molar-refractivity contribution in [3.63, 3.8) is 0 Å². The lowest BCUT2D eigenvalue weighted by Crippen LogP contribution is -2.37. The van der Waals surface area contributed by atoms with Crippen molar-refractivity contribution in [2.75, 3.05) is 32.8 Å². The zero-order valence-electron chi connectivity index (χ0n) is 8.50. The Kier molecular flexibility index (Phi) is 5.35. The molecule has 0 aromatic carbocycles. The molecule has 3 heteroatoms. The zero-order chi connectivity index (χ0) is 9.52. The topological polar surface area (TPSA) is 32.4 Å². The molecule has 13 heavy (non-hydrogen) atoms. The van der Waals surface area contributed by atoms with Gasteiger partial charge < -0.3 is 9.64 Å². The molecular weight excluding hydrogens is 166 g/mol. The van der Waals surface area contributed by atoms with E-state index in [-0.39, 0.29) is 6.61 Å². The van der Waals surface area contributed by atoms with E-state index in [1.807, 2.05) is 6.92 Å².